The van der Waals surface area contributed by atoms with Crippen LogP contribution < -0.4 is 5.32 Å². The van der Waals surface area contributed by atoms with Gasteiger partial charge in [-0.05, 0) is 38.0 Å². The Labute approximate surface area is 128 Å². The van der Waals surface area contributed by atoms with Crippen LogP contribution in [-0.4, -0.2) is 14.6 Å². The van der Waals surface area contributed by atoms with Crippen LogP contribution in [0.1, 0.15) is 22.4 Å². The smallest absolute Gasteiger partial charge is 0.160 e. The summed E-state index contributed by atoms with van der Waals surface area (Å²) in [6.07, 6.45) is 1.83. The normalized spacial score (nSPS) is 11.0. The standard InChI is InChI=1S/C16H17ClN4/c1-10-6-13(4-5-14(10)17)9-18-15-7-12(3)20-16-11(2)8-19-21(15)16/h4-8,18H,9H2,1-3H3. The van der Waals surface area contributed by atoms with Crippen LogP contribution in [0.25, 0.3) is 5.65 Å². The van der Waals surface area contributed by atoms with Crippen molar-refractivity contribution in [2.75, 3.05) is 5.32 Å². The van der Waals surface area contributed by atoms with Crippen molar-refractivity contribution in [2.24, 2.45) is 0 Å². The van der Waals surface area contributed by atoms with Crippen molar-refractivity contribution in [1.29, 1.82) is 0 Å². The highest BCUT2D eigenvalue weighted by atomic mass is 35.5. The highest BCUT2D eigenvalue weighted by Gasteiger charge is 2.07. The fourth-order valence-electron chi connectivity index (χ4n) is 2.33. The van der Waals surface area contributed by atoms with Gasteiger partial charge in [-0.15, -0.1) is 0 Å². The lowest BCUT2D eigenvalue weighted by Crippen LogP contribution is -2.07. The Kier molecular flexibility index (Phi) is 3.55. The fourth-order valence-corrected chi connectivity index (χ4v) is 2.45. The number of rotatable bonds is 3. The average molecular weight is 301 g/mol. The third kappa shape index (κ3) is 2.72. The molecule has 4 nitrogen and oxygen atoms in total. The second-order valence-electron chi connectivity index (χ2n) is 5.28. The van der Waals surface area contributed by atoms with Gasteiger partial charge in [-0.25, -0.2) is 4.98 Å². The van der Waals surface area contributed by atoms with Gasteiger partial charge in [-0.3, -0.25) is 0 Å². The van der Waals surface area contributed by atoms with Crippen LogP contribution >= 0.6 is 11.6 Å². The van der Waals surface area contributed by atoms with Gasteiger partial charge in [0.1, 0.15) is 5.82 Å². The summed E-state index contributed by atoms with van der Waals surface area (Å²) in [6, 6.07) is 8.05. The minimum atomic E-state index is 0.718. The summed E-state index contributed by atoms with van der Waals surface area (Å²) in [5.74, 6) is 0.943. The molecule has 1 N–H and O–H groups in total. The average Bonchev–Trinajstić information content (AvgIpc) is 2.81. The van der Waals surface area contributed by atoms with Gasteiger partial charge in [0, 0.05) is 28.9 Å². The Morgan fingerprint density at radius 2 is 1.95 bits per heavy atom. The molecular formula is C16H17ClN4. The Balaban J connectivity index is 1.89. The molecule has 0 saturated heterocycles. The first-order chi connectivity index (χ1) is 10.0. The maximum absolute atomic E-state index is 6.06. The highest BCUT2D eigenvalue weighted by molar-refractivity contribution is 6.31. The Morgan fingerprint density at radius 3 is 2.71 bits per heavy atom. The Bertz CT molecular complexity index is 807. The molecule has 3 aromatic rings. The van der Waals surface area contributed by atoms with E-state index >= 15 is 0 Å². The van der Waals surface area contributed by atoms with Gasteiger partial charge in [0.15, 0.2) is 5.65 Å². The van der Waals surface area contributed by atoms with Crippen molar-refractivity contribution in [3.63, 3.8) is 0 Å². The minimum absolute atomic E-state index is 0.718. The van der Waals surface area contributed by atoms with E-state index in [4.69, 9.17) is 11.6 Å². The topological polar surface area (TPSA) is 42.2 Å². The maximum atomic E-state index is 6.06. The van der Waals surface area contributed by atoms with E-state index in [1.165, 1.54) is 5.56 Å². The number of aromatic nitrogens is 3. The molecule has 0 unspecified atom stereocenters. The SMILES string of the molecule is Cc1cc(NCc2ccc(Cl)c(C)c2)n2ncc(C)c2n1. The van der Waals surface area contributed by atoms with Crippen molar-refractivity contribution in [3.8, 4) is 0 Å². The van der Waals surface area contributed by atoms with Gasteiger partial charge in [0.05, 0.1) is 6.20 Å². The minimum Gasteiger partial charge on any atom is -0.366 e. The molecule has 3 rings (SSSR count). The van der Waals surface area contributed by atoms with Gasteiger partial charge in [-0.2, -0.15) is 9.61 Å². The van der Waals surface area contributed by atoms with E-state index in [2.05, 4.69) is 21.5 Å². The molecule has 0 radical (unpaired) electrons. The second-order valence-corrected chi connectivity index (χ2v) is 5.69. The lowest BCUT2D eigenvalue weighted by Gasteiger charge is -2.10. The molecule has 0 fully saturated rings. The molecule has 2 heterocycles. The fraction of sp³-hybridized carbons (Fsp3) is 0.250. The summed E-state index contributed by atoms with van der Waals surface area (Å²) in [7, 11) is 0. The molecule has 2 aromatic heterocycles. The lowest BCUT2D eigenvalue weighted by molar-refractivity contribution is 0.916. The van der Waals surface area contributed by atoms with E-state index in [9.17, 15) is 0 Å². The molecule has 5 heteroatoms. The van der Waals surface area contributed by atoms with E-state index < -0.39 is 0 Å². The predicted molar refractivity (Wildman–Crippen MR) is 86.0 cm³/mol. The first-order valence-corrected chi connectivity index (χ1v) is 7.23. The van der Waals surface area contributed by atoms with Crippen LogP contribution in [0.2, 0.25) is 5.02 Å². The zero-order valence-electron chi connectivity index (χ0n) is 12.3. The lowest BCUT2D eigenvalue weighted by atomic mass is 10.1. The monoisotopic (exact) mass is 300 g/mol. The summed E-state index contributed by atoms with van der Waals surface area (Å²) in [4.78, 5) is 4.52. The van der Waals surface area contributed by atoms with Crippen molar-refractivity contribution in [3.05, 3.63) is 57.9 Å². The van der Waals surface area contributed by atoms with Gasteiger partial charge in [-0.1, -0.05) is 23.7 Å². The van der Waals surface area contributed by atoms with Crippen molar-refractivity contribution < 1.29 is 0 Å². The van der Waals surface area contributed by atoms with Crippen molar-refractivity contribution in [2.45, 2.75) is 27.3 Å². The molecule has 1 aromatic carbocycles. The number of benzene rings is 1. The van der Waals surface area contributed by atoms with E-state index in [0.717, 1.165) is 39.9 Å². The van der Waals surface area contributed by atoms with Gasteiger partial charge >= 0.3 is 0 Å². The Hall–Kier alpha value is -2.07. The largest absolute Gasteiger partial charge is 0.366 e. The number of hydrogen-bond donors (Lipinski definition) is 1. The van der Waals surface area contributed by atoms with Crippen LogP contribution in [0.4, 0.5) is 5.82 Å². The predicted octanol–water partition coefficient (Wildman–Crippen LogP) is 3.92. The molecule has 0 aliphatic carbocycles. The van der Waals surface area contributed by atoms with E-state index in [1.54, 1.807) is 0 Å². The number of fused-ring (bicyclic) bond motifs is 1. The third-order valence-corrected chi connectivity index (χ3v) is 3.90. The highest BCUT2D eigenvalue weighted by Crippen LogP contribution is 2.19. The number of halogens is 1. The molecule has 0 aliphatic rings. The molecule has 108 valence electrons. The summed E-state index contributed by atoms with van der Waals surface area (Å²) >= 11 is 6.06. The van der Waals surface area contributed by atoms with Gasteiger partial charge in [0.25, 0.3) is 0 Å². The zero-order chi connectivity index (χ0) is 15.0. The van der Waals surface area contributed by atoms with Crippen molar-refractivity contribution >= 4 is 23.1 Å². The summed E-state index contributed by atoms with van der Waals surface area (Å²) < 4.78 is 1.84. The zero-order valence-corrected chi connectivity index (χ0v) is 13.1. The number of nitrogens with one attached hydrogen (secondary N) is 1. The van der Waals surface area contributed by atoms with Crippen LogP contribution in [0.5, 0.6) is 0 Å². The summed E-state index contributed by atoms with van der Waals surface area (Å²) in [5.41, 5.74) is 5.21. The van der Waals surface area contributed by atoms with Crippen molar-refractivity contribution in [1.82, 2.24) is 14.6 Å². The van der Waals surface area contributed by atoms with E-state index in [0.29, 0.717) is 0 Å². The first kappa shape index (κ1) is 13.9. The van der Waals surface area contributed by atoms with Crippen LogP contribution in [0.3, 0.4) is 0 Å². The van der Waals surface area contributed by atoms with Gasteiger partial charge in [0.2, 0.25) is 0 Å². The maximum Gasteiger partial charge on any atom is 0.160 e. The molecule has 0 spiro atoms. The molecule has 0 bridgehead atoms. The molecule has 0 amide bonds. The number of aryl methyl sites for hydroxylation is 3. The van der Waals surface area contributed by atoms with Crippen LogP contribution in [0.15, 0.2) is 30.5 Å². The van der Waals surface area contributed by atoms with Crippen LogP contribution in [0, 0.1) is 20.8 Å². The number of nitrogens with zero attached hydrogens (tertiary/aromatic N) is 3. The molecule has 0 aliphatic heterocycles. The first-order valence-electron chi connectivity index (χ1n) is 6.85. The Morgan fingerprint density at radius 1 is 1.14 bits per heavy atom. The summed E-state index contributed by atoms with van der Waals surface area (Å²) in [6.45, 7) is 6.73. The van der Waals surface area contributed by atoms with E-state index in [1.807, 2.05) is 49.7 Å². The van der Waals surface area contributed by atoms with Gasteiger partial charge < -0.3 is 5.32 Å². The number of hydrogen-bond acceptors (Lipinski definition) is 3. The van der Waals surface area contributed by atoms with E-state index in [-0.39, 0.29) is 0 Å². The molecule has 0 saturated carbocycles. The number of anilines is 1. The molecule has 21 heavy (non-hydrogen) atoms. The molecule has 0 atom stereocenters. The summed E-state index contributed by atoms with van der Waals surface area (Å²) in [5, 5.41) is 8.59. The molecular weight excluding hydrogens is 284 g/mol. The van der Waals surface area contributed by atoms with Crippen LogP contribution in [-0.2, 0) is 6.54 Å². The second kappa shape index (κ2) is 5.37. The third-order valence-electron chi connectivity index (χ3n) is 3.47. The quantitative estimate of drug-likeness (QED) is 0.797.